The lowest BCUT2D eigenvalue weighted by Crippen LogP contribution is -2.50. The molecule has 5 nitrogen and oxygen atoms in total. The van der Waals surface area contributed by atoms with Gasteiger partial charge in [-0.25, -0.2) is 0 Å². The third-order valence-electron chi connectivity index (χ3n) is 5.55. The minimum Gasteiger partial charge on any atom is -0.352 e. The number of nitrogens with one attached hydrogen (secondary N) is 1. The van der Waals surface area contributed by atoms with Crippen molar-refractivity contribution in [1.82, 2.24) is 15.1 Å². The third kappa shape index (κ3) is 4.50. The van der Waals surface area contributed by atoms with Crippen LogP contribution in [0.15, 0.2) is 0 Å². The monoisotopic (exact) mass is 335 g/mol. The average Bonchev–Trinajstić information content (AvgIpc) is 3.24. The van der Waals surface area contributed by atoms with Gasteiger partial charge >= 0.3 is 0 Å². The number of hydrogen-bond donors (Lipinski definition) is 1. The van der Waals surface area contributed by atoms with E-state index < -0.39 is 0 Å². The fourth-order valence-electron chi connectivity index (χ4n) is 3.95. The van der Waals surface area contributed by atoms with E-state index in [1.807, 2.05) is 25.7 Å². The lowest BCUT2D eigenvalue weighted by atomic mass is 9.91. The van der Waals surface area contributed by atoms with Gasteiger partial charge in [0.15, 0.2) is 0 Å². The molecule has 1 N–H and O–H groups in total. The van der Waals surface area contributed by atoms with E-state index in [4.69, 9.17) is 0 Å². The fourth-order valence-corrected chi connectivity index (χ4v) is 3.95. The summed E-state index contributed by atoms with van der Waals surface area (Å²) in [4.78, 5) is 29.5. The predicted molar refractivity (Wildman–Crippen MR) is 94.5 cm³/mol. The van der Waals surface area contributed by atoms with Crippen LogP contribution in [0.2, 0.25) is 0 Å². The van der Waals surface area contributed by atoms with E-state index in [-0.39, 0.29) is 23.1 Å². The summed E-state index contributed by atoms with van der Waals surface area (Å²) in [6, 6.07) is 0.296. The topological polar surface area (TPSA) is 52.7 Å². The molecule has 2 atom stereocenters. The first-order valence-electron chi connectivity index (χ1n) is 9.65. The molecule has 3 fully saturated rings. The van der Waals surface area contributed by atoms with Gasteiger partial charge in [0.05, 0.1) is 5.92 Å². The summed E-state index contributed by atoms with van der Waals surface area (Å²) in [5, 5.41) is 3.25. The van der Waals surface area contributed by atoms with Crippen molar-refractivity contribution < 1.29 is 9.59 Å². The van der Waals surface area contributed by atoms with Crippen LogP contribution in [-0.4, -0.2) is 60.4 Å². The molecular formula is C19H33N3O2. The summed E-state index contributed by atoms with van der Waals surface area (Å²) in [6.07, 6.45) is 5.66. The van der Waals surface area contributed by atoms with E-state index in [1.165, 1.54) is 19.4 Å². The Labute approximate surface area is 146 Å². The molecule has 3 rings (SSSR count). The van der Waals surface area contributed by atoms with Crippen LogP contribution < -0.4 is 5.32 Å². The number of amides is 2. The average molecular weight is 335 g/mol. The summed E-state index contributed by atoms with van der Waals surface area (Å²) in [5.41, 5.74) is -0.368. The lowest BCUT2D eigenvalue weighted by Gasteiger charge is -2.36. The number of nitrogens with zero attached hydrogens (tertiary/aromatic N) is 2. The molecule has 136 valence electrons. The number of hydrogen-bond acceptors (Lipinski definition) is 3. The van der Waals surface area contributed by atoms with Crippen molar-refractivity contribution in [2.45, 2.75) is 58.9 Å². The van der Waals surface area contributed by atoms with Crippen LogP contribution in [0.5, 0.6) is 0 Å². The Balaban J connectivity index is 1.47. The van der Waals surface area contributed by atoms with Crippen molar-refractivity contribution in [2.24, 2.45) is 17.3 Å². The van der Waals surface area contributed by atoms with Gasteiger partial charge in [0.1, 0.15) is 0 Å². The van der Waals surface area contributed by atoms with Gasteiger partial charge in [0.25, 0.3) is 0 Å². The molecule has 3 aliphatic rings. The van der Waals surface area contributed by atoms with Crippen LogP contribution in [-0.2, 0) is 9.59 Å². The van der Waals surface area contributed by atoms with Crippen LogP contribution in [0, 0.1) is 17.3 Å². The van der Waals surface area contributed by atoms with Gasteiger partial charge in [-0.3, -0.25) is 9.59 Å². The molecule has 2 aliphatic heterocycles. The highest BCUT2D eigenvalue weighted by Crippen LogP contribution is 2.31. The zero-order valence-corrected chi connectivity index (χ0v) is 15.5. The second-order valence-electron chi connectivity index (χ2n) is 9.04. The SMILES string of the molecule is CC(C)(C)C(=O)N1CCC[C@@H](C(=O)N[C@@H]2CCN(CC3CC3)C2)C1. The third-order valence-corrected chi connectivity index (χ3v) is 5.55. The van der Waals surface area contributed by atoms with Crippen molar-refractivity contribution in [3.8, 4) is 0 Å². The standard InChI is InChI=1S/C19H33N3O2/c1-19(2,3)18(24)22-9-4-5-15(12-22)17(23)20-16-8-10-21(13-16)11-14-6-7-14/h14-16H,4-13H2,1-3H3,(H,20,23)/t15-,16-/m1/s1. The van der Waals surface area contributed by atoms with Crippen LogP contribution in [0.25, 0.3) is 0 Å². The fraction of sp³-hybridized carbons (Fsp3) is 0.895. The summed E-state index contributed by atoms with van der Waals surface area (Å²) in [7, 11) is 0. The van der Waals surface area contributed by atoms with Crippen molar-refractivity contribution in [3.05, 3.63) is 0 Å². The molecule has 0 aromatic heterocycles. The Hall–Kier alpha value is -1.10. The number of carbonyl (C=O) groups is 2. The quantitative estimate of drug-likeness (QED) is 0.853. The minimum absolute atomic E-state index is 0.0393. The first-order valence-corrected chi connectivity index (χ1v) is 9.65. The van der Waals surface area contributed by atoms with Gasteiger partial charge in [-0.05, 0) is 38.0 Å². The molecule has 1 aliphatic carbocycles. The van der Waals surface area contributed by atoms with E-state index in [2.05, 4.69) is 10.2 Å². The van der Waals surface area contributed by atoms with Crippen LogP contribution in [0.4, 0.5) is 0 Å². The van der Waals surface area contributed by atoms with Crippen LogP contribution in [0.3, 0.4) is 0 Å². The second-order valence-corrected chi connectivity index (χ2v) is 9.04. The van der Waals surface area contributed by atoms with Crippen LogP contribution in [0.1, 0.15) is 52.9 Å². The summed E-state index contributed by atoms with van der Waals surface area (Å²) < 4.78 is 0. The molecule has 0 bridgehead atoms. The summed E-state index contributed by atoms with van der Waals surface area (Å²) in [5.74, 6) is 1.19. The number of piperidine rings is 1. The molecule has 2 heterocycles. The van der Waals surface area contributed by atoms with E-state index in [0.29, 0.717) is 12.6 Å². The van der Waals surface area contributed by atoms with Gasteiger partial charge < -0.3 is 15.1 Å². The number of likely N-dealkylation sites (tertiary alicyclic amines) is 2. The maximum Gasteiger partial charge on any atom is 0.227 e. The van der Waals surface area contributed by atoms with E-state index in [1.54, 1.807) is 0 Å². The molecule has 0 unspecified atom stereocenters. The van der Waals surface area contributed by atoms with Crippen molar-refractivity contribution in [1.29, 1.82) is 0 Å². The molecule has 0 aromatic carbocycles. The predicted octanol–water partition coefficient (Wildman–Crippen LogP) is 1.87. The Morgan fingerprint density at radius 2 is 1.79 bits per heavy atom. The molecule has 0 radical (unpaired) electrons. The zero-order chi connectivity index (χ0) is 17.3. The van der Waals surface area contributed by atoms with E-state index >= 15 is 0 Å². The lowest BCUT2D eigenvalue weighted by molar-refractivity contribution is -0.142. The maximum atomic E-state index is 12.6. The Bertz CT molecular complexity index is 481. The van der Waals surface area contributed by atoms with E-state index in [9.17, 15) is 9.59 Å². The smallest absolute Gasteiger partial charge is 0.227 e. The van der Waals surface area contributed by atoms with Crippen molar-refractivity contribution in [3.63, 3.8) is 0 Å². The molecule has 2 amide bonds. The Morgan fingerprint density at radius 3 is 2.46 bits per heavy atom. The largest absolute Gasteiger partial charge is 0.352 e. The first-order chi connectivity index (χ1) is 11.3. The van der Waals surface area contributed by atoms with Gasteiger partial charge in [0.2, 0.25) is 11.8 Å². The Kier molecular flexibility index (Phi) is 5.19. The molecule has 0 spiro atoms. The summed E-state index contributed by atoms with van der Waals surface area (Å²) >= 11 is 0. The highest BCUT2D eigenvalue weighted by atomic mass is 16.2. The van der Waals surface area contributed by atoms with Crippen molar-refractivity contribution in [2.75, 3.05) is 32.7 Å². The molecule has 0 aromatic rings. The maximum absolute atomic E-state index is 12.6. The van der Waals surface area contributed by atoms with Crippen molar-refractivity contribution >= 4 is 11.8 Å². The second kappa shape index (κ2) is 7.03. The number of carbonyl (C=O) groups excluding carboxylic acids is 2. The highest BCUT2D eigenvalue weighted by molar-refractivity contribution is 5.84. The minimum atomic E-state index is -0.368. The normalized spacial score (nSPS) is 28.9. The van der Waals surface area contributed by atoms with Gasteiger partial charge in [-0.1, -0.05) is 20.8 Å². The first kappa shape index (κ1) is 17.7. The summed E-state index contributed by atoms with van der Waals surface area (Å²) in [6.45, 7) is 10.5. The van der Waals surface area contributed by atoms with Gasteiger partial charge in [-0.2, -0.15) is 0 Å². The van der Waals surface area contributed by atoms with Gasteiger partial charge in [-0.15, -0.1) is 0 Å². The molecule has 2 saturated heterocycles. The molecule has 1 saturated carbocycles. The zero-order valence-electron chi connectivity index (χ0n) is 15.5. The highest BCUT2D eigenvalue weighted by Gasteiger charge is 2.35. The molecule has 24 heavy (non-hydrogen) atoms. The van der Waals surface area contributed by atoms with E-state index in [0.717, 1.165) is 44.8 Å². The van der Waals surface area contributed by atoms with Gasteiger partial charge in [0, 0.05) is 44.2 Å². The molecular weight excluding hydrogens is 302 g/mol. The molecule has 5 heteroatoms. The van der Waals surface area contributed by atoms with Crippen LogP contribution >= 0.6 is 0 Å². The Morgan fingerprint density at radius 1 is 1.04 bits per heavy atom. The number of rotatable bonds is 4.